The van der Waals surface area contributed by atoms with Crippen molar-refractivity contribution in [2.75, 3.05) is 0 Å². The van der Waals surface area contributed by atoms with Crippen molar-refractivity contribution in [1.29, 1.82) is 0 Å². The average molecular weight is 203 g/mol. The molecule has 0 atom stereocenters. The molecule has 0 aliphatic heterocycles. The highest BCUT2D eigenvalue weighted by molar-refractivity contribution is 5.24. The molecule has 0 unspecified atom stereocenters. The van der Waals surface area contributed by atoms with Gasteiger partial charge in [-0.3, -0.25) is 4.98 Å². The Morgan fingerprint density at radius 3 is 2.43 bits per heavy atom. The molecule has 1 aromatic heterocycles. The summed E-state index contributed by atoms with van der Waals surface area (Å²) in [5.41, 5.74) is 1.91. The molecule has 0 saturated carbocycles. The van der Waals surface area contributed by atoms with Gasteiger partial charge >= 0.3 is 6.18 Å². The molecule has 0 spiro atoms. The van der Waals surface area contributed by atoms with Gasteiger partial charge in [0.1, 0.15) is 0 Å². The summed E-state index contributed by atoms with van der Waals surface area (Å²) in [4.78, 5) is 3.98. The lowest BCUT2D eigenvalue weighted by molar-refractivity contribution is -0.127. The van der Waals surface area contributed by atoms with Crippen LogP contribution in [0.2, 0.25) is 0 Å². The number of pyridine rings is 1. The molecule has 0 N–H and O–H groups in total. The lowest BCUT2D eigenvalue weighted by Gasteiger charge is -2.08. The second kappa shape index (κ2) is 3.98. The normalized spacial score (nSPS) is 11.8. The van der Waals surface area contributed by atoms with Crippen LogP contribution in [0.5, 0.6) is 0 Å². The quantitative estimate of drug-likeness (QED) is 0.719. The predicted molar refractivity (Wildman–Crippen MR) is 48.1 cm³/mol. The number of aryl methyl sites for hydroxylation is 2. The molecule has 14 heavy (non-hydrogen) atoms. The van der Waals surface area contributed by atoms with Crippen LogP contribution in [0.1, 0.15) is 23.7 Å². The van der Waals surface area contributed by atoms with Gasteiger partial charge in [-0.2, -0.15) is 13.2 Å². The van der Waals surface area contributed by atoms with Crippen molar-refractivity contribution in [3.05, 3.63) is 29.1 Å². The number of alkyl halides is 3. The van der Waals surface area contributed by atoms with Gasteiger partial charge in [-0.05, 0) is 24.5 Å². The summed E-state index contributed by atoms with van der Waals surface area (Å²) >= 11 is 0. The Bertz CT molecular complexity index is 318. The monoisotopic (exact) mass is 203 g/mol. The fourth-order valence-electron chi connectivity index (χ4n) is 1.36. The van der Waals surface area contributed by atoms with Gasteiger partial charge in [0.15, 0.2) is 0 Å². The first-order valence-electron chi connectivity index (χ1n) is 4.43. The van der Waals surface area contributed by atoms with E-state index in [2.05, 4.69) is 4.98 Å². The van der Waals surface area contributed by atoms with Crippen molar-refractivity contribution in [3.63, 3.8) is 0 Å². The minimum Gasteiger partial charge on any atom is -0.261 e. The van der Waals surface area contributed by atoms with Crippen molar-refractivity contribution in [2.24, 2.45) is 0 Å². The Hall–Kier alpha value is -1.06. The molecule has 0 aliphatic carbocycles. The van der Waals surface area contributed by atoms with Crippen molar-refractivity contribution >= 4 is 0 Å². The fraction of sp³-hybridized carbons (Fsp3) is 0.500. The lowest BCUT2D eigenvalue weighted by atomic mass is 10.1. The van der Waals surface area contributed by atoms with Crippen LogP contribution in [-0.2, 0) is 12.8 Å². The highest BCUT2D eigenvalue weighted by Gasteiger charge is 2.27. The van der Waals surface area contributed by atoms with Gasteiger partial charge in [-0.25, -0.2) is 0 Å². The SMILES string of the molecule is CCc1ncc(CC(F)(F)F)cc1C. The number of aromatic nitrogens is 1. The molecule has 0 bridgehead atoms. The molecule has 4 heteroatoms. The topological polar surface area (TPSA) is 12.9 Å². The maximum Gasteiger partial charge on any atom is 0.393 e. The molecule has 1 heterocycles. The molecular weight excluding hydrogens is 191 g/mol. The number of hydrogen-bond acceptors (Lipinski definition) is 1. The number of rotatable bonds is 2. The van der Waals surface area contributed by atoms with Crippen LogP contribution >= 0.6 is 0 Å². The smallest absolute Gasteiger partial charge is 0.261 e. The molecule has 1 aromatic rings. The van der Waals surface area contributed by atoms with Crippen LogP contribution in [0.25, 0.3) is 0 Å². The predicted octanol–water partition coefficient (Wildman–Crippen LogP) is 3.06. The zero-order valence-electron chi connectivity index (χ0n) is 8.15. The van der Waals surface area contributed by atoms with E-state index in [1.165, 1.54) is 6.20 Å². The summed E-state index contributed by atoms with van der Waals surface area (Å²) in [7, 11) is 0. The third-order valence-electron chi connectivity index (χ3n) is 1.98. The highest BCUT2D eigenvalue weighted by Crippen LogP contribution is 2.21. The number of hydrogen-bond donors (Lipinski definition) is 0. The zero-order chi connectivity index (χ0) is 10.8. The van der Waals surface area contributed by atoms with E-state index in [9.17, 15) is 13.2 Å². The summed E-state index contributed by atoms with van der Waals surface area (Å²) < 4.78 is 36.1. The van der Waals surface area contributed by atoms with Crippen LogP contribution in [0.4, 0.5) is 13.2 Å². The number of halogens is 3. The lowest BCUT2D eigenvalue weighted by Crippen LogP contribution is -2.12. The van der Waals surface area contributed by atoms with E-state index >= 15 is 0 Å². The van der Waals surface area contributed by atoms with Crippen molar-refractivity contribution < 1.29 is 13.2 Å². The van der Waals surface area contributed by atoms with Gasteiger partial charge in [0, 0.05) is 11.9 Å². The Kier molecular flexibility index (Phi) is 3.13. The van der Waals surface area contributed by atoms with E-state index in [0.717, 1.165) is 17.7 Å². The standard InChI is InChI=1S/C10H12F3N/c1-3-9-7(2)4-8(6-14-9)5-10(11,12)13/h4,6H,3,5H2,1-2H3. The summed E-state index contributed by atoms with van der Waals surface area (Å²) in [6.07, 6.45) is -3.00. The van der Waals surface area contributed by atoms with Crippen LogP contribution in [0, 0.1) is 6.92 Å². The van der Waals surface area contributed by atoms with Gasteiger partial charge in [0.2, 0.25) is 0 Å². The third-order valence-corrected chi connectivity index (χ3v) is 1.98. The first-order valence-corrected chi connectivity index (χ1v) is 4.43. The van der Waals surface area contributed by atoms with E-state index in [1.807, 2.05) is 6.92 Å². The molecule has 0 aromatic carbocycles. The Balaban J connectivity index is 2.87. The van der Waals surface area contributed by atoms with Crippen LogP contribution < -0.4 is 0 Å². The number of nitrogens with zero attached hydrogens (tertiary/aromatic N) is 1. The highest BCUT2D eigenvalue weighted by atomic mass is 19.4. The van der Waals surface area contributed by atoms with E-state index < -0.39 is 12.6 Å². The first kappa shape index (κ1) is 11.0. The maximum atomic E-state index is 12.0. The van der Waals surface area contributed by atoms with E-state index in [0.29, 0.717) is 0 Å². The molecule has 0 fully saturated rings. The second-order valence-corrected chi connectivity index (χ2v) is 3.25. The molecule has 78 valence electrons. The molecule has 0 amide bonds. The summed E-state index contributed by atoms with van der Waals surface area (Å²) in [5, 5.41) is 0. The average Bonchev–Trinajstić information content (AvgIpc) is 2.01. The van der Waals surface area contributed by atoms with Crippen molar-refractivity contribution in [1.82, 2.24) is 4.98 Å². The Morgan fingerprint density at radius 1 is 1.36 bits per heavy atom. The van der Waals surface area contributed by atoms with Gasteiger partial charge in [-0.15, -0.1) is 0 Å². The van der Waals surface area contributed by atoms with Crippen LogP contribution in [0.15, 0.2) is 12.3 Å². The van der Waals surface area contributed by atoms with E-state index in [-0.39, 0.29) is 5.56 Å². The molecule has 1 rings (SSSR count). The first-order chi connectivity index (χ1) is 6.42. The minimum atomic E-state index is -4.15. The molecule has 1 nitrogen and oxygen atoms in total. The van der Waals surface area contributed by atoms with Crippen LogP contribution in [0.3, 0.4) is 0 Å². The summed E-state index contributed by atoms with van der Waals surface area (Å²) in [6.45, 7) is 3.71. The zero-order valence-corrected chi connectivity index (χ0v) is 8.15. The largest absolute Gasteiger partial charge is 0.393 e. The van der Waals surface area contributed by atoms with Gasteiger partial charge in [-0.1, -0.05) is 13.0 Å². The van der Waals surface area contributed by atoms with E-state index in [1.54, 1.807) is 13.0 Å². The summed E-state index contributed by atoms with van der Waals surface area (Å²) in [6, 6.07) is 1.55. The second-order valence-electron chi connectivity index (χ2n) is 3.25. The minimum absolute atomic E-state index is 0.229. The van der Waals surface area contributed by atoms with Gasteiger partial charge in [0.05, 0.1) is 6.42 Å². The Labute approximate surface area is 81.0 Å². The van der Waals surface area contributed by atoms with Crippen LogP contribution in [-0.4, -0.2) is 11.2 Å². The van der Waals surface area contributed by atoms with Crippen molar-refractivity contribution in [3.8, 4) is 0 Å². The van der Waals surface area contributed by atoms with Gasteiger partial charge < -0.3 is 0 Å². The van der Waals surface area contributed by atoms with E-state index in [4.69, 9.17) is 0 Å². The molecule has 0 saturated heterocycles. The fourth-order valence-corrected chi connectivity index (χ4v) is 1.36. The molecular formula is C10H12F3N. The maximum absolute atomic E-state index is 12.0. The third kappa shape index (κ3) is 3.01. The molecule has 0 radical (unpaired) electrons. The Morgan fingerprint density at radius 2 is 2.00 bits per heavy atom. The molecule has 0 aliphatic rings. The van der Waals surface area contributed by atoms with Gasteiger partial charge in [0.25, 0.3) is 0 Å². The summed E-state index contributed by atoms with van der Waals surface area (Å²) in [5.74, 6) is 0. The van der Waals surface area contributed by atoms with Crippen molar-refractivity contribution in [2.45, 2.75) is 32.9 Å².